The molecule has 13 heteroatoms. The minimum absolute atomic E-state index is 0. The van der Waals surface area contributed by atoms with E-state index < -0.39 is 6.04 Å². The van der Waals surface area contributed by atoms with E-state index in [-0.39, 0.29) is 17.1 Å². The van der Waals surface area contributed by atoms with Crippen LogP contribution in [0.4, 0.5) is 0 Å². The Morgan fingerprint density at radius 2 is 0.826 bits per heavy atom. The van der Waals surface area contributed by atoms with Gasteiger partial charge < -0.3 is 42.9 Å². The van der Waals surface area contributed by atoms with Gasteiger partial charge in [0.1, 0.15) is 49.4 Å². The molecule has 1 N–H and O–H groups in total. The predicted octanol–water partition coefficient (Wildman–Crippen LogP) is 7.75. The van der Waals surface area contributed by atoms with Gasteiger partial charge in [-0.2, -0.15) is 0 Å². The van der Waals surface area contributed by atoms with Crippen LogP contribution in [-0.2, 0) is 36.0 Å². The Hall–Kier alpha value is -6.83. The number of aliphatic imine (C=N–C) groups is 3. The van der Waals surface area contributed by atoms with E-state index in [9.17, 15) is 0 Å². The number of hydrogen-bond donors (Lipinski definition) is 1. The van der Waals surface area contributed by atoms with Crippen molar-refractivity contribution in [2.24, 2.45) is 15.0 Å². The van der Waals surface area contributed by atoms with Crippen molar-refractivity contribution >= 4 is 39.4 Å². The fourth-order valence-corrected chi connectivity index (χ4v) is 8.43. The Balaban J connectivity index is 0.00000642. The van der Waals surface area contributed by atoms with Crippen molar-refractivity contribution in [2.75, 3.05) is 81.3 Å². The molecule has 12 nitrogen and oxygen atoms in total. The average Bonchev–Trinajstić information content (AvgIpc) is 4.21. The van der Waals surface area contributed by atoms with Crippen LogP contribution in [0.15, 0.2) is 172 Å². The van der Waals surface area contributed by atoms with Gasteiger partial charge in [-0.05, 0) is 113 Å². The van der Waals surface area contributed by atoms with E-state index >= 15 is 0 Å². The number of fused-ring (bicyclic) bond motifs is 5. The third-order valence-electron chi connectivity index (χ3n) is 11.6. The zero-order chi connectivity index (χ0) is 46.7. The number of allylic oxidation sites excluding steroid dienone is 6. The number of rotatable bonds is 20. The van der Waals surface area contributed by atoms with Gasteiger partial charge in [0, 0.05) is 61.4 Å². The number of nitrogens with one attached hydrogen (secondary N) is 1. The van der Waals surface area contributed by atoms with Gasteiger partial charge >= 0.3 is 17.1 Å². The molecule has 0 amide bonds. The third kappa shape index (κ3) is 11.4. The Morgan fingerprint density at radius 1 is 0.420 bits per heavy atom. The molecule has 0 saturated heterocycles. The van der Waals surface area contributed by atoms with Crippen molar-refractivity contribution in [2.45, 2.75) is 6.04 Å². The molecule has 0 radical (unpaired) electrons. The van der Waals surface area contributed by atoms with Crippen molar-refractivity contribution < 1.29 is 55.0 Å². The summed E-state index contributed by atoms with van der Waals surface area (Å²) < 4.78 is 45.7. The first-order chi connectivity index (χ1) is 33.5. The molecule has 4 aromatic carbocycles. The van der Waals surface area contributed by atoms with E-state index in [0.29, 0.717) is 58.6 Å². The SMILES string of the molecule is COCCOc1cccc(/C2=C3\C=CC(=N3)/C(c3cccc(OCCOC)c3)=c3/cc/c([nH]3)=C(\c3cccc(OCCOC)c3)C3=N/C(=C(/c4cccc(OCCOC)c4)C4C=CC2=N4)C=C3)c1.[Mn+3]. The Labute approximate surface area is 412 Å². The Bertz CT molecular complexity index is 3050. The van der Waals surface area contributed by atoms with E-state index in [1.54, 1.807) is 28.4 Å². The second-order valence-corrected chi connectivity index (χ2v) is 16.1. The molecular weight excluding hydrogens is 912 g/mol. The molecule has 1 atom stereocenters. The average molecular weight is 966 g/mol. The molecule has 1 aromatic heterocycles. The van der Waals surface area contributed by atoms with Crippen molar-refractivity contribution in [3.05, 3.63) is 190 Å². The van der Waals surface area contributed by atoms with Crippen LogP contribution in [0.2, 0.25) is 0 Å². The van der Waals surface area contributed by atoms with E-state index in [2.05, 4.69) is 77.8 Å². The number of aromatic nitrogens is 1. The summed E-state index contributed by atoms with van der Waals surface area (Å²) in [6, 6.07) is 36.1. The Morgan fingerprint density at radius 3 is 1.29 bits per heavy atom. The number of nitrogens with zero attached hydrogens (tertiary/aromatic N) is 3. The Kier molecular flexibility index (Phi) is 16.5. The topological polar surface area (TPSA) is 127 Å². The first-order valence-electron chi connectivity index (χ1n) is 22.6. The number of ether oxygens (including phenoxy) is 8. The van der Waals surface area contributed by atoms with Gasteiger partial charge in [0.15, 0.2) is 0 Å². The van der Waals surface area contributed by atoms with E-state index in [0.717, 1.165) is 101 Å². The molecule has 4 aliphatic heterocycles. The van der Waals surface area contributed by atoms with Crippen molar-refractivity contribution in [1.82, 2.24) is 4.98 Å². The molecule has 350 valence electrons. The summed E-state index contributed by atoms with van der Waals surface area (Å²) in [4.78, 5) is 20.3. The number of hydrogen-bond acceptors (Lipinski definition) is 11. The van der Waals surface area contributed by atoms with Crippen molar-refractivity contribution in [3.63, 3.8) is 0 Å². The molecule has 1 unspecified atom stereocenters. The molecule has 9 rings (SSSR count). The molecule has 0 fully saturated rings. The maximum absolute atomic E-state index is 6.14. The summed E-state index contributed by atoms with van der Waals surface area (Å²) in [7, 11) is 6.66. The van der Waals surface area contributed by atoms with Crippen LogP contribution < -0.4 is 29.6 Å². The fraction of sp³-hybridized carbons (Fsp3) is 0.232. The quantitative estimate of drug-likeness (QED) is 0.0621. The third-order valence-corrected chi connectivity index (χ3v) is 11.6. The van der Waals surface area contributed by atoms with Gasteiger partial charge in [0.05, 0.1) is 61.0 Å². The minimum atomic E-state index is -0.415. The first-order valence-corrected chi connectivity index (χ1v) is 22.6. The van der Waals surface area contributed by atoms with Crippen LogP contribution in [0, 0.1) is 0 Å². The molecule has 0 aliphatic carbocycles. The molecule has 0 saturated carbocycles. The van der Waals surface area contributed by atoms with Gasteiger partial charge in [-0.15, -0.1) is 0 Å². The van der Waals surface area contributed by atoms with Crippen LogP contribution in [0.1, 0.15) is 22.3 Å². The largest absolute Gasteiger partial charge is 3.00 e. The normalized spacial score (nSPS) is 19.5. The maximum atomic E-state index is 6.14. The molecular formula is C56H54MnN4O8+3. The van der Waals surface area contributed by atoms with Gasteiger partial charge in [0.2, 0.25) is 0 Å². The molecule has 5 heterocycles. The smallest absolute Gasteiger partial charge is 0.491 e. The summed E-state index contributed by atoms with van der Waals surface area (Å²) >= 11 is 0. The van der Waals surface area contributed by atoms with Crippen molar-refractivity contribution in [1.29, 1.82) is 0 Å². The number of benzene rings is 4. The second kappa shape index (κ2) is 23.5. The maximum Gasteiger partial charge on any atom is 3.00 e. The summed E-state index contributed by atoms with van der Waals surface area (Å²) in [5.74, 6) is 2.88. The van der Waals surface area contributed by atoms with Gasteiger partial charge in [-0.1, -0.05) is 54.6 Å². The van der Waals surface area contributed by atoms with Crippen molar-refractivity contribution in [3.8, 4) is 23.0 Å². The molecule has 5 aromatic rings. The first kappa shape index (κ1) is 48.6. The van der Waals surface area contributed by atoms with Gasteiger partial charge in [-0.25, -0.2) is 9.98 Å². The number of methoxy groups -OCH3 is 4. The summed E-state index contributed by atoms with van der Waals surface area (Å²) in [5.41, 5.74) is 11.1. The zero-order valence-corrected chi connectivity index (χ0v) is 40.3. The van der Waals surface area contributed by atoms with E-state index in [1.807, 2.05) is 72.8 Å². The summed E-state index contributed by atoms with van der Waals surface area (Å²) in [6.07, 6.45) is 12.5. The number of aromatic amines is 1. The van der Waals surface area contributed by atoms with Gasteiger partial charge in [0.25, 0.3) is 0 Å². The van der Waals surface area contributed by atoms with E-state index in [4.69, 9.17) is 52.9 Å². The molecule has 69 heavy (non-hydrogen) atoms. The zero-order valence-electron chi connectivity index (χ0n) is 39.1. The second-order valence-electron chi connectivity index (χ2n) is 16.1. The van der Waals surface area contributed by atoms with Crippen LogP contribution in [0.25, 0.3) is 22.3 Å². The van der Waals surface area contributed by atoms with E-state index in [1.165, 1.54) is 0 Å². The van der Waals surface area contributed by atoms with Crippen LogP contribution >= 0.6 is 0 Å². The standard InChI is InChI=1S/C56H54N4O8.Mn/c1-61-25-29-65-41-13-5-9-37(33-41)53-45-17-19-47(57-45)54(38-10-6-14-42(34-38)66-30-26-62-2)49-21-23-51(59-49)56(40-12-8-16-44(36-40)68-32-28-64-4)52-24-22-50(60-52)55(48-20-18-46(53)58-48)39-11-7-15-43(35-39)67-31-27-63-3;/h5-24,33-36,45,60H,25-32H2,1-4H3;/q;+3/b53-46-,54-49-,55-50-,56-52-;. The predicted molar refractivity (Wildman–Crippen MR) is 268 cm³/mol. The molecule has 0 spiro atoms. The fourth-order valence-electron chi connectivity index (χ4n) is 8.43. The molecule has 8 bridgehead atoms. The van der Waals surface area contributed by atoms with Crippen LogP contribution in [0.3, 0.4) is 0 Å². The van der Waals surface area contributed by atoms with Gasteiger partial charge in [-0.3, -0.25) is 4.99 Å². The molecule has 4 aliphatic rings. The summed E-state index contributed by atoms with van der Waals surface area (Å²) in [6.45, 7) is 3.52. The number of H-pyrrole nitrogens is 1. The monoisotopic (exact) mass is 965 g/mol. The van der Waals surface area contributed by atoms with Crippen LogP contribution in [0.5, 0.6) is 23.0 Å². The van der Waals surface area contributed by atoms with Crippen LogP contribution in [-0.4, -0.2) is 109 Å². The minimum Gasteiger partial charge on any atom is -0.491 e. The summed E-state index contributed by atoms with van der Waals surface area (Å²) in [5, 5.41) is 1.71.